The molecule has 2 heterocycles. The molecule has 1 aliphatic rings. The van der Waals surface area contributed by atoms with E-state index in [4.69, 9.17) is 9.05 Å². The molecule has 2 atom stereocenters. The van der Waals surface area contributed by atoms with Crippen LogP contribution in [0, 0.1) is 27.7 Å². The number of hydrogen-bond donors (Lipinski definition) is 0. The van der Waals surface area contributed by atoms with E-state index in [0.29, 0.717) is 12.1 Å². The summed E-state index contributed by atoms with van der Waals surface area (Å²) in [4.78, 5) is 4.97. The minimum Gasteiger partial charge on any atom is -0.361 e. The molecule has 6 nitrogen and oxygen atoms in total. The van der Waals surface area contributed by atoms with Crippen LogP contribution in [-0.2, 0) is 13.1 Å². The molecule has 0 amide bonds. The predicted octanol–water partition coefficient (Wildman–Crippen LogP) is 3.77. The molecular formula is C20H32N4O2. The molecule has 0 aromatic carbocycles. The van der Waals surface area contributed by atoms with Gasteiger partial charge < -0.3 is 9.05 Å². The van der Waals surface area contributed by atoms with Gasteiger partial charge in [-0.2, -0.15) is 0 Å². The molecule has 3 rings (SSSR count). The Labute approximate surface area is 156 Å². The van der Waals surface area contributed by atoms with Crippen LogP contribution in [0.15, 0.2) is 9.05 Å². The Morgan fingerprint density at radius 2 is 1.15 bits per heavy atom. The van der Waals surface area contributed by atoms with E-state index >= 15 is 0 Å². The normalized spacial score (nSPS) is 21.1. The van der Waals surface area contributed by atoms with Crippen molar-refractivity contribution in [3.05, 3.63) is 34.0 Å². The Morgan fingerprint density at radius 1 is 0.769 bits per heavy atom. The van der Waals surface area contributed by atoms with Gasteiger partial charge in [0.15, 0.2) is 0 Å². The smallest absolute Gasteiger partial charge is 0.138 e. The highest BCUT2D eigenvalue weighted by atomic mass is 16.5. The Kier molecular flexibility index (Phi) is 5.82. The van der Waals surface area contributed by atoms with Crippen LogP contribution < -0.4 is 0 Å². The van der Waals surface area contributed by atoms with Crippen LogP contribution in [-0.4, -0.2) is 46.3 Å². The van der Waals surface area contributed by atoms with Crippen LogP contribution in [0.3, 0.4) is 0 Å². The molecule has 0 N–H and O–H groups in total. The maximum atomic E-state index is 5.35. The van der Waals surface area contributed by atoms with Gasteiger partial charge in [0, 0.05) is 36.3 Å². The van der Waals surface area contributed by atoms with Crippen LogP contribution in [0.1, 0.15) is 59.7 Å². The average Bonchev–Trinajstić information content (AvgIpc) is 3.11. The minimum atomic E-state index is 0.530. The molecule has 1 aliphatic carbocycles. The molecule has 26 heavy (non-hydrogen) atoms. The second-order valence-electron chi connectivity index (χ2n) is 7.85. The fourth-order valence-electron chi connectivity index (χ4n) is 4.31. The highest BCUT2D eigenvalue weighted by molar-refractivity contribution is 5.21. The molecule has 0 saturated heterocycles. The lowest BCUT2D eigenvalue weighted by molar-refractivity contribution is 0.0687. The van der Waals surface area contributed by atoms with E-state index in [-0.39, 0.29) is 0 Å². The van der Waals surface area contributed by atoms with Crippen LogP contribution in [0.4, 0.5) is 0 Å². The largest absolute Gasteiger partial charge is 0.361 e. The summed E-state index contributed by atoms with van der Waals surface area (Å²) in [6.45, 7) is 9.85. The first-order chi connectivity index (χ1) is 12.4. The fourth-order valence-corrected chi connectivity index (χ4v) is 4.31. The van der Waals surface area contributed by atoms with E-state index < -0.39 is 0 Å². The molecule has 1 fully saturated rings. The van der Waals surface area contributed by atoms with Gasteiger partial charge in [-0.1, -0.05) is 23.2 Å². The quantitative estimate of drug-likeness (QED) is 0.781. The first-order valence-corrected chi connectivity index (χ1v) is 9.62. The molecule has 2 unspecified atom stereocenters. The summed E-state index contributed by atoms with van der Waals surface area (Å²) in [6.07, 6.45) is 5.06. The van der Waals surface area contributed by atoms with Gasteiger partial charge in [-0.15, -0.1) is 0 Å². The lowest BCUT2D eigenvalue weighted by atomic mass is 9.88. The highest BCUT2D eigenvalue weighted by Gasteiger charge is 2.32. The summed E-state index contributed by atoms with van der Waals surface area (Å²) < 4.78 is 10.7. The number of aromatic nitrogens is 2. The number of rotatable bonds is 6. The zero-order valence-corrected chi connectivity index (χ0v) is 17.0. The van der Waals surface area contributed by atoms with E-state index in [1.807, 2.05) is 27.7 Å². The molecule has 2 aromatic rings. The second kappa shape index (κ2) is 7.92. The molecule has 6 heteroatoms. The molecule has 0 spiro atoms. The highest BCUT2D eigenvalue weighted by Crippen LogP contribution is 2.29. The molecular weight excluding hydrogens is 328 g/mol. The predicted molar refractivity (Wildman–Crippen MR) is 101 cm³/mol. The summed E-state index contributed by atoms with van der Waals surface area (Å²) in [5.41, 5.74) is 4.46. The average molecular weight is 361 g/mol. The van der Waals surface area contributed by atoms with Crippen LogP contribution in [0.25, 0.3) is 0 Å². The van der Waals surface area contributed by atoms with Crippen LogP contribution >= 0.6 is 0 Å². The van der Waals surface area contributed by atoms with Gasteiger partial charge in [-0.05, 0) is 54.6 Å². The van der Waals surface area contributed by atoms with Gasteiger partial charge in [0.25, 0.3) is 0 Å². The Hall–Kier alpha value is -1.66. The standard InChI is InChI=1S/C20H32N4O2/c1-13-17(15(3)25-21-13)11-23(5)19-9-7-8-10-20(19)24(6)12-18-14(2)22-26-16(18)4/h19-20H,7-12H2,1-6H3. The summed E-state index contributed by atoms with van der Waals surface area (Å²) in [5, 5.41) is 8.22. The molecule has 0 aliphatic heterocycles. The molecule has 144 valence electrons. The lowest BCUT2D eigenvalue weighted by Crippen LogP contribution is -2.50. The SMILES string of the molecule is Cc1noc(C)c1CN(C)C1CCCCC1N(C)Cc1c(C)noc1C. The Balaban J connectivity index is 1.72. The maximum Gasteiger partial charge on any atom is 0.138 e. The number of aryl methyl sites for hydroxylation is 4. The van der Waals surface area contributed by atoms with E-state index in [2.05, 4.69) is 34.2 Å². The Bertz CT molecular complexity index is 635. The van der Waals surface area contributed by atoms with Gasteiger partial charge >= 0.3 is 0 Å². The van der Waals surface area contributed by atoms with Gasteiger partial charge in [0.2, 0.25) is 0 Å². The lowest BCUT2D eigenvalue weighted by Gasteiger charge is -2.42. The summed E-state index contributed by atoms with van der Waals surface area (Å²) in [6, 6.07) is 1.06. The Morgan fingerprint density at radius 3 is 1.46 bits per heavy atom. The van der Waals surface area contributed by atoms with E-state index in [1.54, 1.807) is 0 Å². The fraction of sp³-hybridized carbons (Fsp3) is 0.700. The van der Waals surface area contributed by atoms with Crippen molar-refractivity contribution in [3.63, 3.8) is 0 Å². The van der Waals surface area contributed by atoms with Crippen LogP contribution in [0.5, 0.6) is 0 Å². The first-order valence-electron chi connectivity index (χ1n) is 9.62. The number of likely N-dealkylation sites (N-methyl/N-ethyl adjacent to an activating group) is 2. The van der Waals surface area contributed by atoms with Gasteiger partial charge in [-0.25, -0.2) is 0 Å². The third-order valence-electron chi connectivity index (χ3n) is 6.00. The molecule has 0 bridgehead atoms. The molecule has 0 radical (unpaired) electrons. The third kappa shape index (κ3) is 3.86. The van der Waals surface area contributed by atoms with E-state index in [0.717, 1.165) is 36.0 Å². The summed E-state index contributed by atoms with van der Waals surface area (Å²) >= 11 is 0. The van der Waals surface area contributed by atoms with E-state index in [1.165, 1.54) is 36.8 Å². The van der Waals surface area contributed by atoms with Crippen molar-refractivity contribution in [3.8, 4) is 0 Å². The topological polar surface area (TPSA) is 58.5 Å². The minimum absolute atomic E-state index is 0.530. The van der Waals surface area contributed by atoms with Crippen molar-refractivity contribution in [2.24, 2.45) is 0 Å². The summed E-state index contributed by atoms with van der Waals surface area (Å²) in [7, 11) is 4.47. The third-order valence-corrected chi connectivity index (χ3v) is 6.00. The van der Waals surface area contributed by atoms with Crippen molar-refractivity contribution in [1.82, 2.24) is 20.1 Å². The molecule has 1 saturated carbocycles. The number of hydrogen-bond acceptors (Lipinski definition) is 6. The van der Waals surface area contributed by atoms with Crippen molar-refractivity contribution in [2.45, 2.75) is 78.6 Å². The second-order valence-corrected chi connectivity index (χ2v) is 7.85. The molecule has 2 aromatic heterocycles. The van der Waals surface area contributed by atoms with Crippen molar-refractivity contribution < 1.29 is 9.05 Å². The zero-order chi connectivity index (χ0) is 18.8. The van der Waals surface area contributed by atoms with Crippen molar-refractivity contribution in [2.75, 3.05) is 14.1 Å². The number of nitrogens with zero attached hydrogens (tertiary/aromatic N) is 4. The van der Waals surface area contributed by atoms with Crippen molar-refractivity contribution >= 4 is 0 Å². The monoisotopic (exact) mass is 360 g/mol. The van der Waals surface area contributed by atoms with Gasteiger partial charge in [-0.3, -0.25) is 9.80 Å². The first kappa shape index (κ1) is 19.1. The zero-order valence-electron chi connectivity index (χ0n) is 17.0. The maximum absolute atomic E-state index is 5.35. The van der Waals surface area contributed by atoms with Crippen LogP contribution in [0.2, 0.25) is 0 Å². The van der Waals surface area contributed by atoms with Gasteiger partial charge in [0.1, 0.15) is 11.5 Å². The van der Waals surface area contributed by atoms with E-state index in [9.17, 15) is 0 Å². The van der Waals surface area contributed by atoms with Gasteiger partial charge in [0.05, 0.1) is 11.4 Å². The summed E-state index contributed by atoms with van der Waals surface area (Å²) in [5.74, 6) is 1.87. The van der Waals surface area contributed by atoms with Crippen molar-refractivity contribution in [1.29, 1.82) is 0 Å².